The van der Waals surface area contributed by atoms with Crippen LogP contribution in [0.4, 0.5) is 0 Å². The third-order valence-corrected chi connectivity index (χ3v) is 8.72. The Morgan fingerprint density at radius 2 is 1.43 bits per heavy atom. The molecule has 5 aliphatic heterocycles. The summed E-state index contributed by atoms with van der Waals surface area (Å²) >= 11 is 0. The first-order valence-corrected chi connectivity index (χ1v) is 16.0. The van der Waals surface area contributed by atoms with Gasteiger partial charge in [-0.1, -0.05) is 66.7 Å². The van der Waals surface area contributed by atoms with Gasteiger partial charge in [0.15, 0.2) is 30.4 Å². The molecule has 0 aromatic heterocycles. The Bertz CT molecular complexity index is 1310. The Morgan fingerprint density at radius 3 is 2.20 bits per heavy atom. The molecule has 5 heterocycles. The number of hydrogen-bond acceptors (Lipinski definition) is 11. The predicted octanol–water partition coefficient (Wildman–Crippen LogP) is 4.40. The first-order valence-electron chi connectivity index (χ1n) is 16.0. The predicted molar refractivity (Wildman–Crippen MR) is 162 cm³/mol. The molecule has 0 saturated carbocycles. The SMILES string of the molecule is C=CCO[C@@H]1[C@H](OCc2ccccc2)[C@H](OC[C@H]2O[C@@H]3OC(C)(C)O[C@@H]3[C@H]3OC(C)(C)O[C@H]32)O[C@@H]2COC(c3ccccc3)O[C@@H]12. The van der Waals surface area contributed by atoms with Crippen molar-refractivity contribution in [2.24, 2.45) is 0 Å². The van der Waals surface area contributed by atoms with Gasteiger partial charge < -0.3 is 52.1 Å². The van der Waals surface area contributed by atoms with E-state index >= 15 is 0 Å². The summed E-state index contributed by atoms with van der Waals surface area (Å²) in [4.78, 5) is 0. The van der Waals surface area contributed by atoms with Crippen LogP contribution in [0.1, 0.15) is 45.1 Å². The minimum absolute atomic E-state index is 0.114. The smallest absolute Gasteiger partial charge is 0.190 e. The van der Waals surface area contributed by atoms with E-state index in [1.807, 2.05) is 88.4 Å². The summed E-state index contributed by atoms with van der Waals surface area (Å²) in [7, 11) is 0. The summed E-state index contributed by atoms with van der Waals surface area (Å²) in [6.07, 6.45) is -4.34. The van der Waals surface area contributed by atoms with Crippen molar-refractivity contribution in [3.8, 4) is 0 Å². The zero-order valence-electron chi connectivity index (χ0n) is 26.7. The molecule has 0 N–H and O–H groups in total. The second kappa shape index (κ2) is 13.3. The van der Waals surface area contributed by atoms with Crippen molar-refractivity contribution >= 4 is 0 Å². The summed E-state index contributed by atoms with van der Waals surface area (Å²) in [5.41, 5.74) is 1.92. The van der Waals surface area contributed by atoms with Crippen molar-refractivity contribution in [2.45, 2.75) is 114 Å². The fraction of sp³-hybridized carbons (Fsp3) is 0.600. The molecule has 250 valence electrons. The Labute approximate surface area is 269 Å². The molecule has 2 aromatic rings. The molecule has 46 heavy (non-hydrogen) atoms. The normalized spacial score (nSPS) is 39.3. The second-order valence-corrected chi connectivity index (χ2v) is 13.1. The summed E-state index contributed by atoms with van der Waals surface area (Å²) in [5.74, 6) is -1.65. The van der Waals surface area contributed by atoms with Gasteiger partial charge in [-0.3, -0.25) is 0 Å². The number of ether oxygens (including phenoxy) is 11. The maximum absolute atomic E-state index is 6.57. The van der Waals surface area contributed by atoms with Gasteiger partial charge in [-0.15, -0.1) is 6.58 Å². The Kier molecular flexibility index (Phi) is 9.36. The van der Waals surface area contributed by atoms with E-state index in [2.05, 4.69) is 6.58 Å². The summed E-state index contributed by atoms with van der Waals surface area (Å²) in [6.45, 7) is 12.3. The third kappa shape index (κ3) is 6.83. The number of rotatable bonds is 10. The van der Waals surface area contributed by atoms with Gasteiger partial charge in [-0.25, -0.2) is 0 Å². The molecular formula is C35H44O11. The van der Waals surface area contributed by atoms with Crippen molar-refractivity contribution in [3.63, 3.8) is 0 Å². The molecule has 5 aliphatic rings. The maximum Gasteiger partial charge on any atom is 0.190 e. The lowest BCUT2D eigenvalue weighted by atomic mass is 9.96. The molecule has 0 spiro atoms. The van der Waals surface area contributed by atoms with Gasteiger partial charge in [0, 0.05) is 5.56 Å². The zero-order chi connectivity index (χ0) is 31.9. The van der Waals surface area contributed by atoms with E-state index < -0.39 is 79.3 Å². The molecule has 1 unspecified atom stereocenters. The fourth-order valence-corrected chi connectivity index (χ4v) is 6.79. The van der Waals surface area contributed by atoms with Gasteiger partial charge in [-0.05, 0) is 33.3 Å². The van der Waals surface area contributed by atoms with Crippen molar-refractivity contribution < 1.29 is 52.1 Å². The first kappa shape index (κ1) is 32.3. The average Bonchev–Trinajstić information content (AvgIpc) is 3.55. The van der Waals surface area contributed by atoms with E-state index in [0.29, 0.717) is 6.61 Å². The highest BCUT2D eigenvalue weighted by atomic mass is 16.9. The second-order valence-electron chi connectivity index (χ2n) is 13.1. The lowest BCUT2D eigenvalue weighted by Crippen LogP contribution is -2.64. The number of hydrogen-bond donors (Lipinski definition) is 0. The van der Waals surface area contributed by atoms with E-state index in [9.17, 15) is 0 Å². The van der Waals surface area contributed by atoms with Crippen LogP contribution in [0.25, 0.3) is 0 Å². The van der Waals surface area contributed by atoms with Crippen LogP contribution in [0.3, 0.4) is 0 Å². The lowest BCUT2D eigenvalue weighted by Gasteiger charge is -2.49. The van der Waals surface area contributed by atoms with Gasteiger partial charge in [0.2, 0.25) is 0 Å². The molecular weight excluding hydrogens is 596 g/mol. The van der Waals surface area contributed by atoms with Gasteiger partial charge >= 0.3 is 0 Å². The quantitative estimate of drug-likeness (QED) is 0.346. The molecule has 11 heteroatoms. The van der Waals surface area contributed by atoms with Crippen LogP contribution in [-0.2, 0) is 58.7 Å². The van der Waals surface area contributed by atoms with Crippen LogP contribution < -0.4 is 0 Å². The highest BCUT2D eigenvalue weighted by Crippen LogP contribution is 2.45. The van der Waals surface area contributed by atoms with Crippen LogP contribution in [-0.4, -0.2) is 92.8 Å². The van der Waals surface area contributed by atoms with E-state index in [-0.39, 0.29) is 19.8 Å². The van der Waals surface area contributed by atoms with Crippen LogP contribution in [0.15, 0.2) is 73.3 Å². The Balaban J connectivity index is 1.12. The Hall–Kier alpha value is -2.26. The van der Waals surface area contributed by atoms with Gasteiger partial charge in [0.1, 0.15) is 48.8 Å². The summed E-state index contributed by atoms with van der Waals surface area (Å²) in [6, 6.07) is 19.8. The topological polar surface area (TPSA) is 102 Å². The van der Waals surface area contributed by atoms with Crippen LogP contribution in [0.2, 0.25) is 0 Å². The molecule has 0 amide bonds. The monoisotopic (exact) mass is 640 g/mol. The zero-order valence-corrected chi connectivity index (χ0v) is 26.7. The van der Waals surface area contributed by atoms with Crippen LogP contribution in [0.5, 0.6) is 0 Å². The summed E-state index contributed by atoms with van der Waals surface area (Å²) < 4.78 is 70.0. The standard InChI is InChI=1S/C35H44O11/c1-6-17-36-27-25-23(19-38-31(42-25)22-15-11-8-12-16-22)40-32(29(27)37-18-21-13-9-7-10-14-21)39-20-24-26-28(44-34(2,3)43-26)30-33(41-24)46-35(4,5)45-30/h6-16,23-33H,1,17-20H2,2-5H3/t23-,24-,25-,26+,27+,28+,29+,30-,31?,32-,33-/m1/s1. The van der Waals surface area contributed by atoms with Crippen molar-refractivity contribution in [1.29, 1.82) is 0 Å². The average molecular weight is 641 g/mol. The number of fused-ring (bicyclic) bond motifs is 4. The molecule has 11 nitrogen and oxygen atoms in total. The number of benzene rings is 2. The highest BCUT2D eigenvalue weighted by molar-refractivity contribution is 5.17. The molecule has 11 atom stereocenters. The Morgan fingerprint density at radius 1 is 0.739 bits per heavy atom. The van der Waals surface area contributed by atoms with Crippen molar-refractivity contribution in [1.82, 2.24) is 0 Å². The highest BCUT2D eigenvalue weighted by Gasteiger charge is 2.61. The van der Waals surface area contributed by atoms with Crippen molar-refractivity contribution in [3.05, 3.63) is 84.4 Å². The minimum Gasteiger partial charge on any atom is -0.368 e. The molecule has 5 saturated heterocycles. The molecule has 0 radical (unpaired) electrons. The molecule has 7 rings (SSSR count). The minimum atomic E-state index is -0.840. The molecule has 5 fully saturated rings. The maximum atomic E-state index is 6.57. The van der Waals surface area contributed by atoms with Crippen molar-refractivity contribution in [2.75, 3.05) is 19.8 Å². The van der Waals surface area contributed by atoms with Gasteiger partial charge in [0.25, 0.3) is 0 Å². The van der Waals surface area contributed by atoms with Crippen LogP contribution in [0, 0.1) is 0 Å². The fourth-order valence-electron chi connectivity index (χ4n) is 6.79. The third-order valence-electron chi connectivity index (χ3n) is 8.72. The summed E-state index contributed by atoms with van der Waals surface area (Å²) in [5, 5.41) is 0. The van der Waals surface area contributed by atoms with Gasteiger partial charge in [0.05, 0.1) is 26.4 Å². The molecule has 0 aliphatic carbocycles. The van der Waals surface area contributed by atoms with E-state index in [0.717, 1.165) is 11.1 Å². The van der Waals surface area contributed by atoms with E-state index in [1.165, 1.54) is 0 Å². The van der Waals surface area contributed by atoms with Crippen LogP contribution >= 0.6 is 0 Å². The van der Waals surface area contributed by atoms with E-state index in [1.54, 1.807) is 6.08 Å². The van der Waals surface area contributed by atoms with Gasteiger partial charge in [-0.2, -0.15) is 0 Å². The molecule has 0 bridgehead atoms. The largest absolute Gasteiger partial charge is 0.368 e. The lowest BCUT2D eigenvalue weighted by molar-refractivity contribution is -0.374. The van der Waals surface area contributed by atoms with E-state index in [4.69, 9.17) is 52.1 Å². The first-order chi connectivity index (χ1) is 22.2. The molecule has 2 aromatic carbocycles.